The van der Waals surface area contributed by atoms with Crippen LogP contribution in [0.5, 0.6) is 0 Å². The lowest BCUT2D eigenvalue weighted by Crippen LogP contribution is -2.54. The van der Waals surface area contributed by atoms with Crippen molar-refractivity contribution in [3.8, 4) is 0 Å². The molecule has 2 N–H and O–H groups in total. The van der Waals surface area contributed by atoms with E-state index in [0.717, 1.165) is 25.2 Å². The van der Waals surface area contributed by atoms with Gasteiger partial charge >= 0.3 is 0 Å². The van der Waals surface area contributed by atoms with Gasteiger partial charge in [-0.25, -0.2) is 4.98 Å². The molecule has 3 rings (SSSR count). The Bertz CT molecular complexity index is 506. The fraction of sp³-hybridized carbons (Fsp3) is 0.643. The van der Waals surface area contributed by atoms with Gasteiger partial charge in [-0.1, -0.05) is 0 Å². The van der Waals surface area contributed by atoms with Gasteiger partial charge in [0.05, 0.1) is 13.2 Å². The summed E-state index contributed by atoms with van der Waals surface area (Å²) in [6.07, 6.45) is 3.88. The Kier molecular flexibility index (Phi) is 4.19. The Morgan fingerprint density at radius 2 is 2.38 bits per heavy atom. The molecule has 1 amide bonds. The molecule has 0 bridgehead atoms. The number of nitrogens with zero attached hydrogens (tertiary/aromatic N) is 3. The van der Waals surface area contributed by atoms with Crippen molar-refractivity contribution in [3.05, 3.63) is 12.3 Å². The minimum absolute atomic E-state index is 0.0285. The molecule has 0 aromatic carbocycles. The standard InChI is InChI=1S/C14H21N5O2/c1-2-15-14-16-6-5-12(18-14)19-7-8-21-9-11(19)13(20)17-10-3-4-10/h5-6,10-11H,2-4,7-9H2,1H3,(H,17,20)(H,15,16,18). The molecule has 1 saturated heterocycles. The van der Waals surface area contributed by atoms with E-state index in [1.54, 1.807) is 6.20 Å². The fourth-order valence-electron chi connectivity index (χ4n) is 2.37. The molecule has 0 radical (unpaired) electrons. The van der Waals surface area contributed by atoms with Crippen LogP contribution in [0.15, 0.2) is 12.3 Å². The topological polar surface area (TPSA) is 79.4 Å². The summed E-state index contributed by atoms with van der Waals surface area (Å²) in [7, 11) is 0. The molecular formula is C14H21N5O2. The Balaban J connectivity index is 1.76. The largest absolute Gasteiger partial charge is 0.377 e. The highest BCUT2D eigenvalue weighted by atomic mass is 16.5. The maximum atomic E-state index is 12.4. The lowest BCUT2D eigenvalue weighted by atomic mass is 10.2. The van der Waals surface area contributed by atoms with Gasteiger partial charge < -0.3 is 20.3 Å². The number of rotatable bonds is 5. The van der Waals surface area contributed by atoms with Crippen LogP contribution in [0.1, 0.15) is 19.8 Å². The lowest BCUT2D eigenvalue weighted by molar-refractivity contribution is -0.124. The maximum absolute atomic E-state index is 12.4. The highest BCUT2D eigenvalue weighted by molar-refractivity contribution is 5.85. The van der Waals surface area contributed by atoms with Gasteiger partial charge in [-0.05, 0) is 25.8 Å². The van der Waals surface area contributed by atoms with Crippen LogP contribution < -0.4 is 15.5 Å². The van der Waals surface area contributed by atoms with E-state index in [9.17, 15) is 4.79 Å². The Morgan fingerprint density at radius 3 is 3.14 bits per heavy atom. The number of carbonyl (C=O) groups excluding carboxylic acids is 1. The zero-order chi connectivity index (χ0) is 14.7. The first kappa shape index (κ1) is 14.1. The third kappa shape index (κ3) is 3.41. The third-order valence-corrected chi connectivity index (χ3v) is 3.62. The van der Waals surface area contributed by atoms with Crippen molar-refractivity contribution in [1.82, 2.24) is 15.3 Å². The first-order chi connectivity index (χ1) is 10.3. The second-order valence-corrected chi connectivity index (χ2v) is 5.34. The van der Waals surface area contributed by atoms with Gasteiger partial charge in [0, 0.05) is 25.3 Å². The lowest BCUT2D eigenvalue weighted by Gasteiger charge is -2.35. The van der Waals surface area contributed by atoms with Crippen LogP contribution >= 0.6 is 0 Å². The van der Waals surface area contributed by atoms with Crippen molar-refractivity contribution in [2.75, 3.05) is 36.5 Å². The predicted molar refractivity (Wildman–Crippen MR) is 79.3 cm³/mol. The van der Waals surface area contributed by atoms with Crippen molar-refractivity contribution in [2.45, 2.75) is 31.8 Å². The number of anilines is 2. The van der Waals surface area contributed by atoms with Gasteiger partial charge in [0.25, 0.3) is 0 Å². The van der Waals surface area contributed by atoms with E-state index in [1.165, 1.54) is 0 Å². The van der Waals surface area contributed by atoms with Crippen molar-refractivity contribution < 1.29 is 9.53 Å². The number of ether oxygens (including phenoxy) is 1. The number of carbonyl (C=O) groups is 1. The van der Waals surface area contributed by atoms with Gasteiger partial charge in [0.2, 0.25) is 11.9 Å². The first-order valence-corrected chi connectivity index (χ1v) is 7.49. The van der Waals surface area contributed by atoms with Crippen molar-refractivity contribution in [2.24, 2.45) is 0 Å². The Morgan fingerprint density at radius 1 is 1.52 bits per heavy atom. The highest BCUT2D eigenvalue weighted by Gasteiger charge is 2.33. The van der Waals surface area contributed by atoms with Gasteiger partial charge in [0.15, 0.2) is 0 Å². The van der Waals surface area contributed by atoms with Crippen LogP contribution in [-0.4, -0.2) is 54.3 Å². The molecule has 2 fully saturated rings. The molecule has 1 saturated carbocycles. The zero-order valence-corrected chi connectivity index (χ0v) is 12.2. The molecule has 1 aliphatic carbocycles. The van der Waals surface area contributed by atoms with E-state index < -0.39 is 0 Å². The number of aromatic nitrogens is 2. The summed E-state index contributed by atoms with van der Waals surface area (Å²) in [6.45, 7) is 4.42. The number of nitrogens with one attached hydrogen (secondary N) is 2. The fourth-order valence-corrected chi connectivity index (χ4v) is 2.37. The van der Waals surface area contributed by atoms with Crippen LogP contribution in [0.25, 0.3) is 0 Å². The zero-order valence-electron chi connectivity index (χ0n) is 12.2. The maximum Gasteiger partial charge on any atom is 0.245 e. The number of hydrogen-bond donors (Lipinski definition) is 2. The predicted octanol–water partition coefficient (Wildman–Crippen LogP) is 0.392. The number of morpholine rings is 1. The minimum Gasteiger partial charge on any atom is -0.377 e. The van der Waals surface area contributed by atoms with Crippen LogP contribution in [0, 0.1) is 0 Å². The van der Waals surface area contributed by atoms with Crippen LogP contribution in [0.3, 0.4) is 0 Å². The summed E-state index contributed by atoms with van der Waals surface area (Å²) >= 11 is 0. The molecule has 21 heavy (non-hydrogen) atoms. The molecule has 1 aliphatic heterocycles. The molecule has 0 spiro atoms. The second kappa shape index (κ2) is 6.26. The molecular weight excluding hydrogens is 270 g/mol. The van der Waals surface area contributed by atoms with Crippen molar-refractivity contribution in [3.63, 3.8) is 0 Å². The van der Waals surface area contributed by atoms with Gasteiger partial charge in [-0.2, -0.15) is 4.98 Å². The van der Waals surface area contributed by atoms with Gasteiger partial charge in [0.1, 0.15) is 11.9 Å². The van der Waals surface area contributed by atoms with E-state index in [4.69, 9.17) is 4.74 Å². The molecule has 114 valence electrons. The van der Waals surface area contributed by atoms with Crippen LogP contribution in [-0.2, 0) is 9.53 Å². The second-order valence-electron chi connectivity index (χ2n) is 5.34. The molecule has 2 heterocycles. The Labute approximate surface area is 124 Å². The molecule has 1 unspecified atom stereocenters. The smallest absolute Gasteiger partial charge is 0.245 e. The van der Waals surface area contributed by atoms with Crippen LogP contribution in [0.2, 0.25) is 0 Å². The molecule has 7 nitrogen and oxygen atoms in total. The summed E-state index contributed by atoms with van der Waals surface area (Å²) < 4.78 is 5.47. The minimum atomic E-state index is -0.316. The molecule has 1 atom stereocenters. The van der Waals surface area contributed by atoms with E-state index in [0.29, 0.717) is 31.7 Å². The third-order valence-electron chi connectivity index (χ3n) is 3.62. The van der Waals surface area contributed by atoms with E-state index in [2.05, 4.69) is 20.6 Å². The van der Waals surface area contributed by atoms with Crippen molar-refractivity contribution >= 4 is 17.7 Å². The quantitative estimate of drug-likeness (QED) is 0.817. The molecule has 7 heteroatoms. The summed E-state index contributed by atoms with van der Waals surface area (Å²) in [5.74, 6) is 1.38. The van der Waals surface area contributed by atoms with Crippen molar-refractivity contribution in [1.29, 1.82) is 0 Å². The molecule has 1 aromatic heterocycles. The monoisotopic (exact) mass is 291 g/mol. The van der Waals surface area contributed by atoms with E-state index in [1.807, 2.05) is 17.9 Å². The van der Waals surface area contributed by atoms with E-state index >= 15 is 0 Å². The number of hydrogen-bond acceptors (Lipinski definition) is 6. The first-order valence-electron chi connectivity index (χ1n) is 7.49. The average Bonchev–Trinajstić information content (AvgIpc) is 3.32. The summed E-state index contributed by atoms with van der Waals surface area (Å²) in [4.78, 5) is 23.0. The SMILES string of the molecule is CCNc1nccc(N2CCOCC2C(=O)NC2CC2)n1. The van der Waals surface area contributed by atoms with Gasteiger partial charge in [-0.15, -0.1) is 0 Å². The highest BCUT2D eigenvalue weighted by Crippen LogP contribution is 2.22. The van der Waals surface area contributed by atoms with E-state index in [-0.39, 0.29) is 11.9 Å². The summed E-state index contributed by atoms with van der Waals surface area (Å²) in [5.41, 5.74) is 0. The Hall–Kier alpha value is -1.89. The molecule has 1 aromatic rings. The summed E-state index contributed by atoms with van der Waals surface area (Å²) in [6, 6.07) is 1.87. The van der Waals surface area contributed by atoms with Crippen LogP contribution in [0.4, 0.5) is 11.8 Å². The normalized spacial score (nSPS) is 22.0. The molecule has 2 aliphatic rings. The van der Waals surface area contributed by atoms with Gasteiger partial charge in [-0.3, -0.25) is 4.79 Å². The number of amides is 1. The summed E-state index contributed by atoms with van der Waals surface area (Å²) in [5, 5.41) is 6.14. The average molecular weight is 291 g/mol.